The molecule has 18 heavy (non-hydrogen) atoms. The molecule has 0 bridgehead atoms. The van der Waals surface area contributed by atoms with E-state index in [0.717, 1.165) is 6.26 Å². The fourth-order valence-electron chi connectivity index (χ4n) is 2.12. The molecule has 1 aliphatic carbocycles. The number of carboxylic acids is 1. The van der Waals surface area contributed by atoms with Gasteiger partial charge in [-0.1, -0.05) is 12.1 Å². The maximum atomic E-state index is 11.7. The van der Waals surface area contributed by atoms with E-state index in [1.807, 2.05) is 0 Å². The smallest absolute Gasteiger partial charge is 0.314 e. The Morgan fingerprint density at radius 1 is 1.39 bits per heavy atom. The predicted octanol–water partition coefficient (Wildman–Crippen LogP) is 1.93. The summed E-state index contributed by atoms with van der Waals surface area (Å²) in [6.45, 7) is 0. The zero-order valence-corrected chi connectivity index (χ0v) is 11.8. The Morgan fingerprint density at radius 3 is 2.39 bits per heavy atom. The number of hydrogen-bond acceptors (Lipinski definition) is 4. The number of rotatable bonds is 4. The van der Waals surface area contributed by atoms with Gasteiger partial charge in [0, 0.05) is 11.2 Å². The first kappa shape index (κ1) is 13.4. The Kier molecular flexibility index (Phi) is 3.19. The van der Waals surface area contributed by atoms with E-state index in [1.54, 1.807) is 18.4 Å². The lowest BCUT2D eigenvalue weighted by Crippen LogP contribution is -2.21. The first-order valence-electron chi connectivity index (χ1n) is 5.44. The van der Waals surface area contributed by atoms with Gasteiger partial charge in [0.2, 0.25) is 0 Å². The molecule has 98 valence electrons. The Balaban J connectivity index is 2.68. The van der Waals surface area contributed by atoms with Crippen molar-refractivity contribution in [3.63, 3.8) is 0 Å². The highest BCUT2D eigenvalue weighted by molar-refractivity contribution is 7.99. The molecule has 0 aliphatic heterocycles. The largest absolute Gasteiger partial charge is 0.481 e. The molecule has 2 rings (SSSR count). The third-order valence-corrected chi connectivity index (χ3v) is 5.37. The summed E-state index contributed by atoms with van der Waals surface area (Å²) >= 11 is 1.29. The lowest BCUT2D eigenvalue weighted by atomic mass is 9.96. The molecular formula is C12H14O4S2. The van der Waals surface area contributed by atoms with Crippen LogP contribution in [0, 0.1) is 0 Å². The molecule has 0 radical (unpaired) electrons. The zero-order chi connectivity index (χ0) is 13.6. The van der Waals surface area contributed by atoms with Crippen LogP contribution in [0.1, 0.15) is 18.4 Å². The third kappa shape index (κ3) is 2.03. The van der Waals surface area contributed by atoms with Gasteiger partial charge in [0.15, 0.2) is 9.84 Å². The van der Waals surface area contributed by atoms with Crippen LogP contribution in [-0.4, -0.2) is 32.0 Å². The second-order valence-corrected chi connectivity index (χ2v) is 7.30. The van der Waals surface area contributed by atoms with Crippen molar-refractivity contribution < 1.29 is 18.3 Å². The molecule has 6 heteroatoms. The summed E-state index contributed by atoms with van der Waals surface area (Å²) < 4.78 is 23.4. The minimum atomic E-state index is -3.34. The van der Waals surface area contributed by atoms with Crippen molar-refractivity contribution in [3.05, 3.63) is 23.8 Å². The molecule has 0 amide bonds. The SMILES string of the molecule is CSc1c(C2(C(=O)O)CC2)cccc1S(C)(=O)=O. The van der Waals surface area contributed by atoms with E-state index in [-0.39, 0.29) is 4.90 Å². The van der Waals surface area contributed by atoms with E-state index in [0.29, 0.717) is 23.3 Å². The van der Waals surface area contributed by atoms with Crippen LogP contribution in [0.5, 0.6) is 0 Å². The topological polar surface area (TPSA) is 71.4 Å². The van der Waals surface area contributed by atoms with Crippen LogP contribution < -0.4 is 0 Å². The molecule has 0 unspecified atom stereocenters. The number of sulfone groups is 1. The molecule has 1 saturated carbocycles. The lowest BCUT2D eigenvalue weighted by molar-refractivity contribution is -0.140. The summed E-state index contributed by atoms with van der Waals surface area (Å²) in [6, 6.07) is 4.87. The standard InChI is InChI=1S/C12H14O4S2/c1-17-10-8(12(6-7-12)11(13)14)4-3-5-9(10)18(2,15)16/h3-5H,6-7H2,1-2H3,(H,13,14). The average molecular weight is 286 g/mol. The molecule has 0 spiro atoms. The average Bonchev–Trinajstić information content (AvgIpc) is 3.07. The van der Waals surface area contributed by atoms with Gasteiger partial charge >= 0.3 is 5.97 Å². The summed E-state index contributed by atoms with van der Waals surface area (Å²) in [4.78, 5) is 12.1. The Hall–Kier alpha value is -1.01. The predicted molar refractivity (Wildman–Crippen MR) is 69.9 cm³/mol. The highest BCUT2D eigenvalue weighted by Crippen LogP contribution is 2.52. The molecule has 0 aromatic heterocycles. The third-order valence-electron chi connectivity index (χ3n) is 3.26. The van der Waals surface area contributed by atoms with E-state index in [2.05, 4.69) is 0 Å². The van der Waals surface area contributed by atoms with Crippen molar-refractivity contribution in [2.24, 2.45) is 0 Å². The zero-order valence-electron chi connectivity index (χ0n) is 10.1. The van der Waals surface area contributed by atoms with E-state index in [9.17, 15) is 18.3 Å². The number of carbonyl (C=O) groups is 1. The van der Waals surface area contributed by atoms with Crippen molar-refractivity contribution in [1.29, 1.82) is 0 Å². The molecule has 0 saturated heterocycles. The van der Waals surface area contributed by atoms with Crippen LogP contribution in [-0.2, 0) is 20.0 Å². The van der Waals surface area contributed by atoms with Crippen molar-refractivity contribution in [1.82, 2.24) is 0 Å². The van der Waals surface area contributed by atoms with Crippen molar-refractivity contribution in [2.45, 2.75) is 28.0 Å². The van der Waals surface area contributed by atoms with E-state index in [1.165, 1.54) is 17.8 Å². The molecule has 0 heterocycles. The normalized spacial score (nSPS) is 17.4. The van der Waals surface area contributed by atoms with Crippen molar-refractivity contribution >= 4 is 27.6 Å². The summed E-state index contributed by atoms with van der Waals surface area (Å²) in [5.41, 5.74) is -0.246. The molecule has 1 aromatic rings. The van der Waals surface area contributed by atoms with E-state index in [4.69, 9.17) is 0 Å². The molecule has 1 N–H and O–H groups in total. The number of thioether (sulfide) groups is 1. The monoisotopic (exact) mass is 286 g/mol. The number of carboxylic acid groups (broad SMARTS) is 1. The van der Waals surface area contributed by atoms with Crippen LogP contribution >= 0.6 is 11.8 Å². The van der Waals surface area contributed by atoms with Gasteiger partial charge in [-0.3, -0.25) is 4.79 Å². The maximum Gasteiger partial charge on any atom is 0.314 e. The van der Waals surface area contributed by atoms with Crippen LogP contribution in [0.2, 0.25) is 0 Å². The quantitative estimate of drug-likeness (QED) is 0.856. The number of hydrogen-bond donors (Lipinski definition) is 1. The first-order chi connectivity index (χ1) is 8.33. The van der Waals surface area contributed by atoms with Gasteiger partial charge in [-0.25, -0.2) is 8.42 Å². The van der Waals surface area contributed by atoms with Crippen LogP contribution in [0.25, 0.3) is 0 Å². The highest BCUT2D eigenvalue weighted by Gasteiger charge is 2.53. The van der Waals surface area contributed by atoms with Gasteiger partial charge in [-0.2, -0.15) is 0 Å². The van der Waals surface area contributed by atoms with E-state index >= 15 is 0 Å². The van der Waals surface area contributed by atoms with Gasteiger partial charge in [-0.05, 0) is 30.7 Å². The molecular weight excluding hydrogens is 272 g/mol. The maximum absolute atomic E-state index is 11.7. The molecule has 1 fully saturated rings. The Morgan fingerprint density at radius 2 is 2.00 bits per heavy atom. The van der Waals surface area contributed by atoms with Gasteiger partial charge in [0.05, 0.1) is 10.3 Å². The highest BCUT2D eigenvalue weighted by atomic mass is 32.2. The summed E-state index contributed by atoms with van der Waals surface area (Å²) in [5.74, 6) is -0.872. The summed E-state index contributed by atoms with van der Waals surface area (Å²) in [7, 11) is -3.34. The van der Waals surface area contributed by atoms with Crippen LogP contribution in [0.3, 0.4) is 0 Å². The van der Waals surface area contributed by atoms with Gasteiger partial charge < -0.3 is 5.11 Å². The molecule has 1 aromatic carbocycles. The first-order valence-corrected chi connectivity index (χ1v) is 8.55. The molecule has 0 atom stereocenters. The fraction of sp³-hybridized carbons (Fsp3) is 0.417. The van der Waals surface area contributed by atoms with Crippen molar-refractivity contribution in [2.75, 3.05) is 12.5 Å². The second-order valence-electron chi connectivity index (χ2n) is 4.50. The lowest BCUT2D eigenvalue weighted by Gasteiger charge is -2.16. The van der Waals surface area contributed by atoms with Gasteiger partial charge in [0.25, 0.3) is 0 Å². The van der Waals surface area contributed by atoms with Gasteiger partial charge in [-0.15, -0.1) is 11.8 Å². The second kappa shape index (κ2) is 4.28. The molecule has 1 aliphatic rings. The minimum absolute atomic E-state index is 0.222. The Labute approximate surface area is 110 Å². The minimum Gasteiger partial charge on any atom is -0.481 e. The Bertz CT molecular complexity index is 601. The summed E-state index contributed by atoms with van der Waals surface area (Å²) in [5, 5.41) is 9.31. The van der Waals surface area contributed by atoms with Crippen LogP contribution in [0.15, 0.2) is 28.0 Å². The van der Waals surface area contributed by atoms with E-state index < -0.39 is 21.2 Å². The van der Waals surface area contributed by atoms with Crippen molar-refractivity contribution in [3.8, 4) is 0 Å². The molecule has 4 nitrogen and oxygen atoms in total. The number of aliphatic carboxylic acids is 1. The van der Waals surface area contributed by atoms with Crippen LogP contribution in [0.4, 0.5) is 0 Å². The summed E-state index contributed by atoms with van der Waals surface area (Å²) in [6.07, 6.45) is 4.06. The fourth-order valence-corrected chi connectivity index (χ4v) is 4.35. The van der Waals surface area contributed by atoms with Gasteiger partial charge in [0.1, 0.15) is 0 Å². The number of benzene rings is 1.